The predicted molar refractivity (Wildman–Crippen MR) is 64.9 cm³/mol. The molecule has 0 heterocycles. The van der Waals surface area contributed by atoms with E-state index in [9.17, 15) is 0 Å². The molecule has 0 amide bonds. The molecule has 3 nitrogen and oxygen atoms in total. The minimum Gasteiger partial charge on any atom is -0.309 e. The number of hydrogen-bond acceptors (Lipinski definition) is 3. The molecule has 0 aliphatic carbocycles. The molecule has 0 spiro atoms. The fourth-order valence-corrected chi connectivity index (χ4v) is 0.960. The topological polar surface area (TPSA) is 28.0 Å². The number of rotatable bonds is 6. The van der Waals surface area contributed by atoms with Crippen molar-refractivity contribution in [2.75, 3.05) is 27.2 Å². The molecule has 0 fully saturated rings. The molecule has 0 aliphatic heterocycles. The quantitative estimate of drug-likeness (QED) is 0.631. The summed E-state index contributed by atoms with van der Waals surface area (Å²) >= 11 is 0. The lowest BCUT2D eigenvalue weighted by Crippen LogP contribution is -2.17. The summed E-state index contributed by atoms with van der Waals surface area (Å²) in [5, 5.41) is 0. The zero-order chi connectivity index (χ0) is 10.1. The second-order valence-corrected chi connectivity index (χ2v) is 3.36. The van der Waals surface area contributed by atoms with Gasteiger partial charge in [0.15, 0.2) is 0 Å². The van der Waals surface area contributed by atoms with Gasteiger partial charge in [0.25, 0.3) is 0 Å². The van der Waals surface area contributed by atoms with Crippen LogP contribution in [0.1, 0.15) is 26.7 Å². The minimum absolute atomic E-state index is 0. The molecule has 4 heteroatoms. The second-order valence-electron chi connectivity index (χ2n) is 3.36. The summed E-state index contributed by atoms with van der Waals surface area (Å²) in [7, 11) is 4.16. The molecular weight excluding hydrogens is 198 g/mol. The Morgan fingerprint density at radius 2 is 1.93 bits per heavy atom. The highest BCUT2D eigenvalue weighted by atomic mass is 35.5. The molecule has 0 rings (SSSR count). The Hall–Kier alpha value is -0.370. The average molecular weight is 220 g/mol. The summed E-state index contributed by atoms with van der Waals surface area (Å²) in [5.41, 5.74) is 0. The summed E-state index contributed by atoms with van der Waals surface area (Å²) in [6.07, 6.45) is 2.16. The highest BCUT2D eigenvalue weighted by Crippen LogP contribution is 2.02. The van der Waals surface area contributed by atoms with E-state index in [0.29, 0.717) is 6.04 Å². The van der Waals surface area contributed by atoms with Crippen LogP contribution in [-0.4, -0.2) is 44.1 Å². The van der Waals surface area contributed by atoms with E-state index in [-0.39, 0.29) is 12.4 Å². The van der Waals surface area contributed by atoms with Gasteiger partial charge in [0.05, 0.1) is 12.1 Å². The Morgan fingerprint density at radius 1 is 1.29 bits per heavy atom. The van der Waals surface area contributed by atoms with Gasteiger partial charge < -0.3 is 4.90 Å². The first-order valence-corrected chi connectivity index (χ1v) is 4.96. The van der Waals surface area contributed by atoms with Crippen molar-refractivity contribution in [3.8, 4) is 0 Å². The van der Waals surface area contributed by atoms with Crippen LogP contribution in [0.3, 0.4) is 0 Å². The Morgan fingerprint density at radius 3 is 2.36 bits per heavy atom. The Kier molecular flexibility index (Phi) is 12.3. The first-order valence-electron chi connectivity index (χ1n) is 4.96. The fraction of sp³-hybridized carbons (Fsp3) is 0.900. The Balaban J connectivity index is 0. The van der Waals surface area contributed by atoms with Crippen LogP contribution in [0.4, 0.5) is 0 Å². The third kappa shape index (κ3) is 9.72. The van der Waals surface area contributed by atoms with Crippen molar-refractivity contribution in [2.45, 2.75) is 32.7 Å². The lowest BCUT2D eigenvalue weighted by Gasteiger charge is -2.12. The summed E-state index contributed by atoms with van der Waals surface area (Å²) < 4.78 is 0. The lowest BCUT2D eigenvalue weighted by atomic mass is 10.1. The number of nitrogens with zero attached hydrogens (tertiary/aromatic N) is 3. The molecular formula is C10H22ClN3. The van der Waals surface area contributed by atoms with E-state index >= 15 is 0 Å². The van der Waals surface area contributed by atoms with Gasteiger partial charge >= 0.3 is 0 Å². The number of halogens is 1. The van der Waals surface area contributed by atoms with E-state index < -0.39 is 0 Å². The van der Waals surface area contributed by atoms with Crippen LogP contribution < -0.4 is 0 Å². The van der Waals surface area contributed by atoms with Gasteiger partial charge in [0.1, 0.15) is 0 Å². The van der Waals surface area contributed by atoms with Gasteiger partial charge in [-0.1, -0.05) is 6.92 Å². The minimum atomic E-state index is 0. The summed E-state index contributed by atoms with van der Waals surface area (Å²) in [5.74, 6) is 0. The van der Waals surface area contributed by atoms with Crippen LogP contribution in [0.5, 0.6) is 0 Å². The molecule has 84 valence electrons. The van der Waals surface area contributed by atoms with E-state index in [4.69, 9.17) is 0 Å². The van der Waals surface area contributed by atoms with E-state index in [1.807, 2.05) is 6.92 Å². The molecule has 0 aromatic rings. The van der Waals surface area contributed by atoms with Crippen molar-refractivity contribution in [1.82, 2.24) is 4.90 Å². The maximum atomic E-state index is 4.26. The lowest BCUT2D eigenvalue weighted by molar-refractivity contribution is 0.379. The van der Waals surface area contributed by atoms with Crippen LogP contribution in [0.2, 0.25) is 0 Å². The van der Waals surface area contributed by atoms with Gasteiger partial charge in [0, 0.05) is 6.54 Å². The molecule has 0 saturated carbocycles. The van der Waals surface area contributed by atoms with Gasteiger partial charge in [-0.25, -0.2) is 9.98 Å². The van der Waals surface area contributed by atoms with Crippen molar-refractivity contribution in [3.05, 3.63) is 0 Å². The molecule has 0 N–H and O–H groups in total. The fourth-order valence-electron chi connectivity index (χ4n) is 0.960. The van der Waals surface area contributed by atoms with Crippen molar-refractivity contribution < 1.29 is 0 Å². The SMILES string of the molecule is CCN=C=NC(CC)CCN(C)C.Cl. The molecule has 0 aromatic carbocycles. The third-order valence-electron chi connectivity index (χ3n) is 1.85. The van der Waals surface area contributed by atoms with E-state index in [2.05, 4.69) is 41.9 Å². The summed E-state index contributed by atoms with van der Waals surface area (Å²) in [6, 6.07) is 3.13. The van der Waals surface area contributed by atoms with Gasteiger partial charge in [0.2, 0.25) is 0 Å². The molecule has 1 atom stereocenters. The third-order valence-corrected chi connectivity index (χ3v) is 1.85. The van der Waals surface area contributed by atoms with Crippen molar-refractivity contribution in [1.29, 1.82) is 0 Å². The average Bonchev–Trinajstić information content (AvgIpc) is 2.10. The van der Waals surface area contributed by atoms with Crippen molar-refractivity contribution in [2.24, 2.45) is 9.98 Å². The van der Waals surface area contributed by atoms with Crippen LogP contribution in [0.15, 0.2) is 9.98 Å². The highest BCUT2D eigenvalue weighted by molar-refractivity contribution is 5.85. The molecule has 0 bridgehead atoms. The number of hydrogen-bond donors (Lipinski definition) is 0. The molecule has 14 heavy (non-hydrogen) atoms. The summed E-state index contributed by atoms with van der Waals surface area (Å²) in [6.45, 7) is 5.99. The van der Waals surface area contributed by atoms with Crippen LogP contribution >= 0.6 is 12.4 Å². The number of aliphatic imine (C=N–C) groups is 2. The normalized spacial score (nSPS) is 11.5. The van der Waals surface area contributed by atoms with Crippen molar-refractivity contribution in [3.63, 3.8) is 0 Å². The second kappa shape index (κ2) is 10.7. The van der Waals surface area contributed by atoms with E-state index in [1.165, 1.54) is 0 Å². The van der Waals surface area contributed by atoms with Crippen LogP contribution in [0, 0.1) is 0 Å². The maximum Gasteiger partial charge on any atom is 0.0895 e. The van der Waals surface area contributed by atoms with E-state index in [1.54, 1.807) is 0 Å². The van der Waals surface area contributed by atoms with Crippen LogP contribution in [0.25, 0.3) is 0 Å². The first kappa shape index (κ1) is 16.1. The molecule has 0 aromatic heterocycles. The highest BCUT2D eigenvalue weighted by Gasteiger charge is 2.02. The van der Waals surface area contributed by atoms with Gasteiger partial charge in [-0.15, -0.1) is 12.4 Å². The molecule has 0 aliphatic rings. The predicted octanol–water partition coefficient (Wildman–Crippen LogP) is 2.33. The summed E-state index contributed by atoms with van der Waals surface area (Å²) in [4.78, 5) is 10.4. The molecule has 0 saturated heterocycles. The zero-order valence-corrected chi connectivity index (χ0v) is 10.5. The van der Waals surface area contributed by atoms with Crippen molar-refractivity contribution >= 4 is 18.4 Å². The monoisotopic (exact) mass is 219 g/mol. The van der Waals surface area contributed by atoms with Gasteiger partial charge in [-0.3, -0.25) is 0 Å². The van der Waals surface area contributed by atoms with E-state index in [0.717, 1.165) is 25.9 Å². The smallest absolute Gasteiger partial charge is 0.0895 e. The Bertz CT molecular complexity index is 174. The van der Waals surface area contributed by atoms with Crippen LogP contribution in [-0.2, 0) is 0 Å². The van der Waals surface area contributed by atoms with Gasteiger partial charge in [-0.05, 0) is 40.4 Å². The molecule has 0 radical (unpaired) electrons. The maximum absolute atomic E-state index is 4.26. The molecule has 1 unspecified atom stereocenters. The Labute approximate surface area is 93.7 Å². The zero-order valence-electron chi connectivity index (χ0n) is 9.66. The largest absolute Gasteiger partial charge is 0.309 e. The first-order chi connectivity index (χ1) is 6.20. The van der Waals surface area contributed by atoms with Gasteiger partial charge in [-0.2, -0.15) is 0 Å². The standard InChI is InChI=1S/C10H21N3.ClH/c1-5-10(7-8-13(3)4)12-9-11-6-2;/h10H,5-8H2,1-4H3;1H.